The number of hydrogen-bond acceptors (Lipinski definition) is 2. The van der Waals surface area contributed by atoms with Crippen LogP contribution in [-0.4, -0.2) is 11.5 Å². The Bertz CT molecular complexity index is 646. The van der Waals surface area contributed by atoms with Crippen LogP contribution in [0.1, 0.15) is 18.2 Å². The third kappa shape index (κ3) is 2.96. The van der Waals surface area contributed by atoms with Gasteiger partial charge in [0.1, 0.15) is 0 Å². The minimum atomic E-state index is -4.41. The largest absolute Gasteiger partial charge is 0.416 e. The fraction of sp³-hybridized carbons (Fsp3) is 0.308. The second-order valence-corrected chi connectivity index (χ2v) is 4.20. The molecule has 1 aromatic heterocycles. The monoisotopic (exact) mass is 270 g/mol. The summed E-state index contributed by atoms with van der Waals surface area (Å²) in [6.45, 7) is 3.03. The average molecular weight is 270 g/mol. The Balaban J connectivity index is 2.54. The fourth-order valence-corrected chi connectivity index (χ4v) is 1.84. The van der Waals surface area contributed by atoms with E-state index in [0.717, 1.165) is 12.1 Å². The molecule has 0 bridgehead atoms. The van der Waals surface area contributed by atoms with E-state index in [1.807, 2.05) is 6.92 Å². The van der Waals surface area contributed by atoms with E-state index in [2.05, 4.69) is 10.3 Å². The van der Waals surface area contributed by atoms with Gasteiger partial charge in [0, 0.05) is 23.7 Å². The van der Waals surface area contributed by atoms with Crippen molar-refractivity contribution in [1.29, 1.82) is 0 Å². The van der Waals surface area contributed by atoms with E-state index >= 15 is 0 Å². The molecule has 0 radical (unpaired) electrons. The van der Waals surface area contributed by atoms with Gasteiger partial charge in [-0.3, -0.25) is 4.79 Å². The summed E-state index contributed by atoms with van der Waals surface area (Å²) in [5, 5.41) is 3.27. The van der Waals surface area contributed by atoms with Crippen molar-refractivity contribution >= 4 is 10.9 Å². The molecule has 2 rings (SSSR count). The summed E-state index contributed by atoms with van der Waals surface area (Å²) in [6, 6.07) is 4.49. The summed E-state index contributed by atoms with van der Waals surface area (Å²) in [5.41, 5.74) is -0.277. The normalized spacial score (nSPS) is 12.0. The number of benzene rings is 1. The maximum Gasteiger partial charge on any atom is 0.416 e. The van der Waals surface area contributed by atoms with Crippen molar-refractivity contribution in [1.82, 2.24) is 10.3 Å². The Labute approximate surface area is 107 Å². The highest BCUT2D eigenvalue weighted by Crippen LogP contribution is 2.30. The van der Waals surface area contributed by atoms with Crippen LogP contribution >= 0.6 is 0 Å². The van der Waals surface area contributed by atoms with Gasteiger partial charge in [0.05, 0.1) is 11.1 Å². The Morgan fingerprint density at radius 1 is 1.26 bits per heavy atom. The lowest BCUT2D eigenvalue weighted by Gasteiger charge is -2.09. The molecule has 19 heavy (non-hydrogen) atoms. The smallest absolute Gasteiger partial charge is 0.357 e. The van der Waals surface area contributed by atoms with Crippen LogP contribution in [0.4, 0.5) is 13.2 Å². The maximum absolute atomic E-state index is 12.6. The quantitative estimate of drug-likeness (QED) is 0.900. The lowest BCUT2D eigenvalue weighted by molar-refractivity contribution is -0.137. The van der Waals surface area contributed by atoms with Gasteiger partial charge >= 0.3 is 6.18 Å². The van der Waals surface area contributed by atoms with Gasteiger partial charge in [-0.15, -0.1) is 0 Å². The molecule has 1 aromatic carbocycles. The van der Waals surface area contributed by atoms with Crippen molar-refractivity contribution < 1.29 is 13.2 Å². The van der Waals surface area contributed by atoms with Crippen LogP contribution in [-0.2, 0) is 12.7 Å². The van der Waals surface area contributed by atoms with Gasteiger partial charge in [-0.2, -0.15) is 13.2 Å². The molecule has 3 nitrogen and oxygen atoms in total. The molecular formula is C13H13F3N2O. The van der Waals surface area contributed by atoms with E-state index in [1.165, 1.54) is 12.1 Å². The van der Waals surface area contributed by atoms with Crippen molar-refractivity contribution in [3.05, 3.63) is 45.7 Å². The number of rotatable bonds is 3. The Morgan fingerprint density at radius 3 is 2.63 bits per heavy atom. The van der Waals surface area contributed by atoms with Gasteiger partial charge in [0.15, 0.2) is 5.43 Å². The van der Waals surface area contributed by atoms with Crippen molar-refractivity contribution in [2.24, 2.45) is 0 Å². The average Bonchev–Trinajstić information content (AvgIpc) is 2.34. The van der Waals surface area contributed by atoms with Crippen LogP contribution in [0.2, 0.25) is 0 Å². The Hall–Kier alpha value is -1.82. The third-order valence-electron chi connectivity index (χ3n) is 2.78. The minimum Gasteiger partial charge on any atom is -0.357 e. The first kappa shape index (κ1) is 13.6. The highest BCUT2D eigenvalue weighted by molar-refractivity contribution is 5.79. The second-order valence-electron chi connectivity index (χ2n) is 4.20. The van der Waals surface area contributed by atoms with Gasteiger partial charge in [-0.25, -0.2) is 0 Å². The summed E-state index contributed by atoms with van der Waals surface area (Å²) in [7, 11) is 0. The first-order chi connectivity index (χ1) is 8.91. The zero-order chi connectivity index (χ0) is 14.0. The molecule has 2 aromatic rings. The van der Waals surface area contributed by atoms with E-state index < -0.39 is 11.7 Å². The van der Waals surface area contributed by atoms with Crippen LogP contribution in [0.25, 0.3) is 10.9 Å². The molecule has 1 heterocycles. The van der Waals surface area contributed by atoms with Crippen LogP contribution in [0.5, 0.6) is 0 Å². The lowest BCUT2D eigenvalue weighted by atomic mass is 10.1. The zero-order valence-corrected chi connectivity index (χ0v) is 10.3. The number of aromatic nitrogens is 1. The fourth-order valence-electron chi connectivity index (χ4n) is 1.84. The van der Waals surface area contributed by atoms with E-state index in [-0.39, 0.29) is 16.3 Å². The van der Waals surface area contributed by atoms with Crippen LogP contribution in [0.3, 0.4) is 0 Å². The molecule has 102 valence electrons. The molecule has 0 unspecified atom stereocenters. The lowest BCUT2D eigenvalue weighted by Crippen LogP contribution is -2.16. The third-order valence-corrected chi connectivity index (χ3v) is 2.78. The minimum absolute atomic E-state index is 0.204. The summed E-state index contributed by atoms with van der Waals surface area (Å²) >= 11 is 0. The van der Waals surface area contributed by atoms with Gasteiger partial charge in [0.2, 0.25) is 0 Å². The number of pyridine rings is 1. The van der Waals surface area contributed by atoms with Crippen LogP contribution in [0.15, 0.2) is 29.1 Å². The molecule has 0 aliphatic rings. The summed E-state index contributed by atoms with van der Waals surface area (Å²) in [6.07, 6.45) is -4.41. The molecule has 0 aliphatic heterocycles. The van der Waals surface area contributed by atoms with Gasteiger partial charge in [0.25, 0.3) is 0 Å². The topological polar surface area (TPSA) is 44.9 Å². The Kier molecular flexibility index (Phi) is 3.61. The van der Waals surface area contributed by atoms with E-state index in [9.17, 15) is 18.0 Å². The summed E-state index contributed by atoms with van der Waals surface area (Å²) in [5.74, 6) is 0. The zero-order valence-electron chi connectivity index (χ0n) is 10.3. The molecule has 0 atom stereocenters. The van der Waals surface area contributed by atoms with Crippen LogP contribution in [0, 0.1) is 0 Å². The molecule has 0 fully saturated rings. The van der Waals surface area contributed by atoms with E-state index in [0.29, 0.717) is 18.8 Å². The molecule has 0 spiro atoms. The van der Waals surface area contributed by atoms with Crippen molar-refractivity contribution in [3.63, 3.8) is 0 Å². The first-order valence-electron chi connectivity index (χ1n) is 5.85. The maximum atomic E-state index is 12.6. The van der Waals surface area contributed by atoms with Crippen molar-refractivity contribution in [2.75, 3.05) is 6.54 Å². The number of alkyl halides is 3. The Morgan fingerprint density at radius 2 is 2.00 bits per heavy atom. The van der Waals surface area contributed by atoms with Gasteiger partial charge in [-0.1, -0.05) is 6.92 Å². The predicted octanol–water partition coefficient (Wildman–Crippen LogP) is 2.66. The molecule has 0 aliphatic carbocycles. The number of halogens is 3. The number of H-pyrrole nitrogens is 1. The molecule has 2 N–H and O–H groups in total. The van der Waals surface area contributed by atoms with Crippen molar-refractivity contribution in [2.45, 2.75) is 19.6 Å². The number of hydrogen-bond donors (Lipinski definition) is 2. The molecule has 6 heteroatoms. The van der Waals surface area contributed by atoms with Gasteiger partial charge < -0.3 is 10.3 Å². The highest BCUT2D eigenvalue weighted by Gasteiger charge is 2.30. The van der Waals surface area contributed by atoms with E-state index in [1.54, 1.807) is 0 Å². The summed E-state index contributed by atoms with van der Waals surface area (Å²) in [4.78, 5) is 14.6. The second kappa shape index (κ2) is 5.05. The highest BCUT2D eigenvalue weighted by atomic mass is 19.4. The molecule has 0 amide bonds. The molecular weight excluding hydrogens is 257 g/mol. The van der Waals surface area contributed by atoms with Gasteiger partial charge in [-0.05, 0) is 24.7 Å². The standard InChI is InChI=1S/C13H13F3N2O/c1-2-17-7-9-6-12(19)10-4-3-8(13(14,15)16)5-11(10)18-9/h3-6,17H,2,7H2,1H3,(H,18,19). The number of fused-ring (bicyclic) bond motifs is 1. The predicted molar refractivity (Wildman–Crippen MR) is 67.0 cm³/mol. The summed E-state index contributed by atoms with van der Waals surface area (Å²) < 4.78 is 37.8. The molecule has 0 saturated heterocycles. The van der Waals surface area contributed by atoms with Crippen LogP contribution < -0.4 is 10.7 Å². The number of nitrogens with one attached hydrogen (secondary N) is 2. The molecule has 0 saturated carbocycles. The first-order valence-corrected chi connectivity index (χ1v) is 5.85. The van der Waals surface area contributed by atoms with E-state index in [4.69, 9.17) is 0 Å². The van der Waals surface area contributed by atoms with Crippen molar-refractivity contribution in [3.8, 4) is 0 Å². The SMILES string of the molecule is CCNCc1cc(=O)c2ccc(C(F)(F)F)cc2[nH]1. The number of aromatic amines is 1.